The zero-order chi connectivity index (χ0) is 14.5. The monoisotopic (exact) mass is 269 g/mol. The Labute approximate surface area is 119 Å². The number of amides is 1. The second-order valence-corrected chi connectivity index (χ2v) is 4.65. The molecule has 0 unspecified atom stereocenters. The van der Waals surface area contributed by atoms with Gasteiger partial charge in [-0.3, -0.25) is 4.79 Å². The van der Waals surface area contributed by atoms with Crippen molar-refractivity contribution in [2.24, 2.45) is 0 Å². The highest BCUT2D eigenvalue weighted by molar-refractivity contribution is 5.89. The third kappa shape index (κ3) is 3.18. The Morgan fingerprint density at radius 3 is 2.65 bits per heavy atom. The van der Waals surface area contributed by atoms with Gasteiger partial charge in [0.25, 0.3) is 0 Å². The molecule has 2 aromatic carbocycles. The van der Waals surface area contributed by atoms with Gasteiger partial charge in [-0.25, -0.2) is 0 Å². The van der Waals surface area contributed by atoms with Crippen LogP contribution in [0.1, 0.15) is 19.4 Å². The summed E-state index contributed by atoms with van der Waals surface area (Å²) in [5, 5.41) is 2.80. The largest absolute Gasteiger partial charge is 0.496 e. The molecule has 0 radical (unpaired) electrons. The van der Waals surface area contributed by atoms with Crippen LogP contribution in [-0.4, -0.2) is 13.0 Å². The van der Waals surface area contributed by atoms with Crippen LogP contribution < -0.4 is 10.1 Å². The van der Waals surface area contributed by atoms with Gasteiger partial charge in [0.1, 0.15) is 5.75 Å². The summed E-state index contributed by atoms with van der Waals surface area (Å²) in [5.41, 5.74) is 4.12. The first kappa shape index (κ1) is 14.1. The number of rotatable bonds is 4. The summed E-state index contributed by atoms with van der Waals surface area (Å²) in [4.78, 5) is 11.1. The molecule has 0 fully saturated rings. The number of methoxy groups -OCH3 is 1. The highest BCUT2D eigenvalue weighted by atomic mass is 16.5. The molecule has 2 rings (SSSR count). The first-order chi connectivity index (χ1) is 9.63. The first-order valence-electron chi connectivity index (χ1n) is 6.69. The maximum Gasteiger partial charge on any atom is 0.221 e. The fourth-order valence-electron chi connectivity index (χ4n) is 2.17. The number of carbonyl (C=O) groups is 1. The fourth-order valence-corrected chi connectivity index (χ4v) is 2.17. The van der Waals surface area contributed by atoms with E-state index in [4.69, 9.17) is 4.74 Å². The molecule has 0 saturated carbocycles. The zero-order valence-corrected chi connectivity index (χ0v) is 12.1. The Kier molecular flexibility index (Phi) is 4.41. The van der Waals surface area contributed by atoms with E-state index in [1.54, 1.807) is 7.11 Å². The summed E-state index contributed by atoms with van der Waals surface area (Å²) >= 11 is 0. The van der Waals surface area contributed by atoms with Crippen molar-refractivity contribution in [1.82, 2.24) is 0 Å². The van der Waals surface area contributed by atoms with E-state index in [1.165, 1.54) is 12.5 Å². The molecule has 2 aromatic rings. The fraction of sp³-hybridized carbons (Fsp3) is 0.235. The molecule has 0 saturated heterocycles. The smallest absolute Gasteiger partial charge is 0.221 e. The highest BCUT2D eigenvalue weighted by Gasteiger charge is 2.07. The predicted octanol–water partition coefficient (Wildman–Crippen LogP) is 3.88. The van der Waals surface area contributed by atoms with Crippen LogP contribution in [0.2, 0.25) is 0 Å². The van der Waals surface area contributed by atoms with Crippen LogP contribution in [-0.2, 0) is 11.2 Å². The van der Waals surface area contributed by atoms with Gasteiger partial charge in [0.2, 0.25) is 5.91 Å². The molecule has 104 valence electrons. The van der Waals surface area contributed by atoms with Crippen molar-refractivity contribution < 1.29 is 9.53 Å². The lowest BCUT2D eigenvalue weighted by atomic mass is 10.0. The Balaban J connectivity index is 2.46. The zero-order valence-electron chi connectivity index (χ0n) is 12.1. The van der Waals surface area contributed by atoms with Crippen LogP contribution in [0.5, 0.6) is 5.75 Å². The van der Waals surface area contributed by atoms with Crippen LogP contribution in [0.3, 0.4) is 0 Å². The summed E-state index contributed by atoms with van der Waals surface area (Å²) in [6.45, 7) is 3.63. The number of hydrogen-bond acceptors (Lipinski definition) is 2. The molecule has 3 heteroatoms. The van der Waals surface area contributed by atoms with Gasteiger partial charge in [0.15, 0.2) is 0 Å². The lowest BCUT2D eigenvalue weighted by Crippen LogP contribution is -2.05. The molecule has 0 aliphatic rings. The number of hydrogen-bond donors (Lipinski definition) is 1. The van der Waals surface area contributed by atoms with E-state index >= 15 is 0 Å². The maximum atomic E-state index is 11.1. The minimum absolute atomic E-state index is 0.0728. The molecule has 1 amide bonds. The van der Waals surface area contributed by atoms with E-state index in [2.05, 4.69) is 24.4 Å². The van der Waals surface area contributed by atoms with E-state index in [-0.39, 0.29) is 5.91 Å². The van der Waals surface area contributed by atoms with Crippen LogP contribution >= 0.6 is 0 Å². The van der Waals surface area contributed by atoms with Crippen LogP contribution in [0.15, 0.2) is 42.5 Å². The molecule has 0 bridgehead atoms. The van der Waals surface area contributed by atoms with Crippen LogP contribution in [0, 0.1) is 0 Å². The average molecular weight is 269 g/mol. The summed E-state index contributed by atoms with van der Waals surface area (Å²) in [7, 11) is 1.67. The van der Waals surface area contributed by atoms with Crippen molar-refractivity contribution in [3.8, 4) is 16.9 Å². The molecule has 3 nitrogen and oxygen atoms in total. The van der Waals surface area contributed by atoms with E-state index in [0.29, 0.717) is 0 Å². The topological polar surface area (TPSA) is 38.3 Å². The summed E-state index contributed by atoms with van der Waals surface area (Å²) < 4.78 is 5.43. The molecule has 0 aliphatic heterocycles. The maximum absolute atomic E-state index is 11.1. The second-order valence-electron chi connectivity index (χ2n) is 4.65. The van der Waals surface area contributed by atoms with Gasteiger partial charge in [-0.05, 0) is 41.8 Å². The van der Waals surface area contributed by atoms with Crippen molar-refractivity contribution in [3.63, 3.8) is 0 Å². The minimum Gasteiger partial charge on any atom is -0.496 e. The number of carbonyl (C=O) groups excluding carboxylic acids is 1. The summed E-state index contributed by atoms with van der Waals surface area (Å²) in [6, 6.07) is 14.0. The summed E-state index contributed by atoms with van der Waals surface area (Å²) in [5.74, 6) is 0.763. The normalized spacial score (nSPS) is 10.2. The van der Waals surface area contributed by atoms with Gasteiger partial charge in [-0.2, -0.15) is 0 Å². The van der Waals surface area contributed by atoms with Gasteiger partial charge in [0.05, 0.1) is 7.11 Å². The van der Waals surface area contributed by atoms with Gasteiger partial charge in [0, 0.05) is 18.2 Å². The third-order valence-electron chi connectivity index (χ3n) is 3.17. The Morgan fingerprint density at radius 2 is 2.00 bits per heavy atom. The van der Waals surface area contributed by atoms with Crippen molar-refractivity contribution in [2.75, 3.05) is 12.4 Å². The Hall–Kier alpha value is -2.29. The third-order valence-corrected chi connectivity index (χ3v) is 3.17. The summed E-state index contributed by atoms with van der Waals surface area (Å²) in [6.07, 6.45) is 0.975. The number of benzene rings is 2. The molecule has 0 spiro atoms. The van der Waals surface area contributed by atoms with E-state index in [0.717, 1.165) is 29.0 Å². The lowest BCUT2D eigenvalue weighted by Gasteiger charge is -2.12. The van der Waals surface area contributed by atoms with Crippen LogP contribution in [0.4, 0.5) is 5.69 Å². The van der Waals surface area contributed by atoms with Crippen molar-refractivity contribution in [2.45, 2.75) is 20.3 Å². The van der Waals surface area contributed by atoms with E-state index in [1.807, 2.05) is 30.3 Å². The van der Waals surface area contributed by atoms with Crippen molar-refractivity contribution in [1.29, 1.82) is 0 Å². The van der Waals surface area contributed by atoms with Gasteiger partial charge < -0.3 is 10.1 Å². The Morgan fingerprint density at radius 1 is 1.20 bits per heavy atom. The van der Waals surface area contributed by atoms with Crippen LogP contribution in [0.25, 0.3) is 11.1 Å². The number of aryl methyl sites for hydroxylation is 1. The van der Waals surface area contributed by atoms with Gasteiger partial charge in [-0.15, -0.1) is 0 Å². The average Bonchev–Trinajstić information content (AvgIpc) is 2.46. The highest BCUT2D eigenvalue weighted by Crippen LogP contribution is 2.32. The van der Waals surface area contributed by atoms with Gasteiger partial charge in [-0.1, -0.05) is 25.1 Å². The molecule has 0 heterocycles. The SMILES string of the molecule is CCc1ccc(OC)c(-c2cccc(NC(C)=O)c2)c1. The number of anilines is 1. The molecule has 1 N–H and O–H groups in total. The second kappa shape index (κ2) is 6.24. The molecular formula is C17H19NO2. The minimum atomic E-state index is -0.0728. The molecule has 20 heavy (non-hydrogen) atoms. The van der Waals surface area contributed by atoms with E-state index < -0.39 is 0 Å². The number of ether oxygens (including phenoxy) is 1. The quantitative estimate of drug-likeness (QED) is 0.914. The molecule has 0 aliphatic carbocycles. The lowest BCUT2D eigenvalue weighted by molar-refractivity contribution is -0.114. The standard InChI is InChI=1S/C17H19NO2/c1-4-13-8-9-17(20-3)16(10-13)14-6-5-7-15(11-14)18-12(2)19/h5-11H,4H2,1-3H3,(H,18,19). The first-order valence-corrected chi connectivity index (χ1v) is 6.69. The van der Waals surface area contributed by atoms with Crippen molar-refractivity contribution in [3.05, 3.63) is 48.0 Å². The number of nitrogens with one attached hydrogen (secondary N) is 1. The van der Waals surface area contributed by atoms with Gasteiger partial charge >= 0.3 is 0 Å². The molecule has 0 atom stereocenters. The van der Waals surface area contributed by atoms with Crippen molar-refractivity contribution >= 4 is 11.6 Å². The van der Waals surface area contributed by atoms with E-state index in [9.17, 15) is 4.79 Å². The Bertz CT molecular complexity index is 620. The molecular weight excluding hydrogens is 250 g/mol. The molecule has 0 aromatic heterocycles. The predicted molar refractivity (Wildman–Crippen MR) is 82.1 cm³/mol.